The molecular weight excluding hydrogens is 312 g/mol. The minimum atomic E-state index is -0.459. The van der Waals surface area contributed by atoms with E-state index in [9.17, 15) is 10.1 Å². The van der Waals surface area contributed by atoms with Crippen molar-refractivity contribution in [2.45, 2.75) is 19.9 Å². The van der Waals surface area contributed by atoms with Crippen molar-refractivity contribution in [2.75, 3.05) is 27.3 Å². The number of nitro benzene ring substituents is 1. The maximum Gasteiger partial charge on any atom is 0.311 e. The minimum Gasteiger partial charge on any atom is -0.496 e. The summed E-state index contributed by atoms with van der Waals surface area (Å²) in [5.74, 6) is 0.667. The second kappa shape index (κ2) is 6.48. The van der Waals surface area contributed by atoms with E-state index in [1.54, 1.807) is 0 Å². The Morgan fingerprint density at radius 3 is 2.71 bits per heavy atom. The first-order chi connectivity index (χ1) is 11.6. The van der Waals surface area contributed by atoms with E-state index in [0.29, 0.717) is 17.0 Å². The number of methoxy groups -OCH3 is 2. The molecule has 0 unspecified atom stereocenters. The third-order valence-corrected chi connectivity index (χ3v) is 4.41. The molecule has 8 nitrogen and oxygen atoms in total. The van der Waals surface area contributed by atoms with Crippen molar-refractivity contribution in [1.29, 1.82) is 0 Å². The number of H-pyrrole nitrogens is 1. The van der Waals surface area contributed by atoms with Crippen molar-refractivity contribution >= 4 is 5.69 Å². The summed E-state index contributed by atoms with van der Waals surface area (Å²) in [7, 11) is 2.93. The number of aromatic nitrogens is 2. The van der Waals surface area contributed by atoms with E-state index in [0.717, 1.165) is 37.3 Å². The average molecular weight is 332 g/mol. The Bertz CT molecular complexity index is 772. The molecule has 0 fully saturated rings. The van der Waals surface area contributed by atoms with Crippen LogP contribution in [0.15, 0.2) is 12.1 Å². The molecule has 1 aliphatic heterocycles. The summed E-state index contributed by atoms with van der Waals surface area (Å²) in [6, 6.07) is 3.01. The predicted molar refractivity (Wildman–Crippen MR) is 88.4 cm³/mol. The molecule has 0 saturated carbocycles. The highest BCUT2D eigenvalue weighted by molar-refractivity contribution is 5.76. The van der Waals surface area contributed by atoms with Gasteiger partial charge in [0, 0.05) is 42.9 Å². The maximum atomic E-state index is 11.3. The quantitative estimate of drug-likeness (QED) is 0.667. The summed E-state index contributed by atoms with van der Waals surface area (Å²) < 4.78 is 10.5. The second-order valence-electron chi connectivity index (χ2n) is 5.63. The van der Waals surface area contributed by atoms with Gasteiger partial charge in [0.15, 0.2) is 0 Å². The third kappa shape index (κ3) is 2.69. The van der Waals surface area contributed by atoms with Crippen LogP contribution in [0.25, 0.3) is 11.3 Å². The monoisotopic (exact) mass is 332 g/mol. The van der Waals surface area contributed by atoms with Gasteiger partial charge in [-0.2, -0.15) is 5.10 Å². The van der Waals surface area contributed by atoms with Crippen LogP contribution < -0.4 is 9.47 Å². The zero-order chi connectivity index (χ0) is 17.3. The highest BCUT2D eigenvalue weighted by Crippen LogP contribution is 2.41. The van der Waals surface area contributed by atoms with Gasteiger partial charge in [-0.05, 0) is 6.54 Å². The summed E-state index contributed by atoms with van der Waals surface area (Å²) in [6.07, 6.45) is 0.886. The van der Waals surface area contributed by atoms with Crippen molar-refractivity contribution in [3.8, 4) is 22.8 Å². The van der Waals surface area contributed by atoms with Crippen LogP contribution in [0.3, 0.4) is 0 Å². The lowest BCUT2D eigenvalue weighted by atomic mass is 9.99. The number of nitrogens with one attached hydrogen (secondary N) is 1. The van der Waals surface area contributed by atoms with Crippen LogP contribution >= 0.6 is 0 Å². The molecule has 0 amide bonds. The Balaban J connectivity index is 2.15. The Hall–Kier alpha value is -2.61. The summed E-state index contributed by atoms with van der Waals surface area (Å²) in [5, 5.41) is 18.8. The van der Waals surface area contributed by atoms with Gasteiger partial charge >= 0.3 is 5.69 Å². The lowest BCUT2D eigenvalue weighted by Gasteiger charge is -2.25. The number of benzene rings is 1. The van der Waals surface area contributed by atoms with E-state index in [1.165, 1.54) is 26.4 Å². The molecule has 0 atom stereocenters. The van der Waals surface area contributed by atoms with Gasteiger partial charge in [-0.15, -0.1) is 0 Å². The van der Waals surface area contributed by atoms with Crippen molar-refractivity contribution in [2.24, 2.45) is 0 Å². The normalized spacial score (nSPS) is 14.3. The molecule has 0 spiro atoms. The first-order valence-corrected chi connectivity index (χ1v) is 7.78. The smallest absolute Gasteiger partial charge is 0.311 e. The number of aromatic amines is 1. The number of fused-ring (bicyclic) bond motifs is 1. The van der Waals surface area contributed by atoms with E-state index in [1.807, 2.05) is 0 Å². The highest BCUT2D eigenvalue weighted by Gasteiger charge is 2.27. The number of nitro groups is 1. The van der Waals surface area contributed by atoms with E-state index in [2.05, 4.69) is 22.0 Å². The van der Waals surface area contributed by atoms with Gasteiger partial charge in [-0.1, -0.05) is 6.92 Å². The molecule has 1 aromatic heterocycles. The lowest BCUT2D eigenvalue weighted by Crippen LogP contribution is -2.30. The van der Waals surface area contributed by atoms with Crippen LogP contribution in [0.4, 0.5) is 5.69 Å². The Morgan fingerprint density at radius 1 is 1.33 bits per heavy atom. The number of likely N-dealkylation sites (N-methyl/N-ethyl adjacent to an activating group) is 1. The molecule has 0 aliphatic carbocycles. The van der Waals surface area contributed by atoms with Gasteiger partial charge in [0.1, 0.15) is 11.4 Å². The van der Waals surface area contributed by atoms with E-state index in [-0.39, 0.29) is 11.4 Å². The second-order valence-corrected chi connectivity index (χ2v) is 5.63. The first-order valence-electron chi connectivity index (χ1n) is 7.78. The fourth-order valence-corrected chi connectivity index (χ4v) is 3.05. The summed E-state index contributed by atoms with van der Waals surface area (Å²) >= 11 is 0. The largest absolute Gasteiger partial charge is 0.496 e. The topological polar surface area (TPSA) is 93.5 Å². The minimum absolute atomic E-state index is 0.104. The lowest BCUT2D eigenvalue weighted by molar-refractivity contribution is -0.385. The van der Waals surface area contributed by atoms with Crippen molar-refractivity contribution in [3.05, 3.63) is 33.5 Å². The van der Waals surface area contributed by atoms with E-state index < -0.39 is 4.92 Å². The third-order valence-electron chi connectivity index (χ3n) is 4.41. The van der Waals surface area contributed by atoms with Crippen molar-refractivity contribution < 1.29 is 14.4 Å². The SMILES string of the molecule is CCN1CCc2[nH]nc(-c3cc([N+](=O)[O-])c(OC)cc3OC)c2C1. The van der Waals surface area contributed by atoms with Gasteiger partial charge in [-0.3, -0.25) is 20.1 Å². The summed E-state index contributed by atoms with van der Waals surface area (Å²) in [6.45, 7) is 4.80. The molecule has 0 radical (unpaired) electrons. The molecule has 0 saturated heterocycles. The standard InChI is InChI=1S/C16H20N4O4/c1-4-19-6-5-12-11(9-19)16(18-17-12)10-7-13(20(21)22)15(24-3)8-14(10)23-2/h7-8H,4-6,9H2,1-3H3,(H,17,18). The maximum absolute atomic E-state index is 11.3. The molecule has 8 heteroatoms. The van der Waals surface area contributed by atoms with E-state index >= 15 is 0 Å². The molecule has 1 N–H and O–H groups in total. The van der Waals surface area contributed by atoms with Crippen LogP contribution in [0.5, 0.6) is 11.5 Å². The molecule has 2 aromatic rings. The molecule has 1 aliphatic rings. The first kappa shape index (κ1) is 16.3. The zero-order valence-corrected chi connectivity index (χ0v) is 14.0. The van der Waals surface area contributed by atoms with Crippen molar-refractivity contribution in [1.82, 2.24) is 15.1 Å². The van der Waals surface area contributed by atoms with Crippen LogP contribution in [-0.4, -0.2) is 47.3 Å². The fourth-order valence-electron chi connectivity index (χ4n) is 3.05. The van der Waals surface area contributed by atoms with Gasteiger partial charge in [-0.25, -0.2) is 0 Å². The zero-order valence-electron chi connectivity index (χ0n) is 14.0. The predicted octanol–water partition coefficient (Wildman–Crippen LogP) is 2.38. The van der Waals surface area contributed by atoms with Gasteiger partial charge < -0.3 is 9.47 Å². The Morgan fingerprint density at radius 2 is 2.08 bits per heavy atom. The van der Waals surface area contributed by atoms with E-state index in [4.69, 9.17) is 9.47 Å². The number of hydrogen-bond donors (Lipinski definition) is 1. The number of ether oxygens (including phenoxy) is 2. The highest BCUT2D eigenvalue weighted by atomic mass is 16.6. The number of nitrogens with zero attached hydrogens (tertiary/aromatic N) is 3. The Kier molecular flexibility index (Phi) is 4.39. The van der Waals surface area contributed by atoms with Crippen LogP contribution in [0, 0.1) is 10.1 Å². The number of rotatable bonds is 5. The van der Waals surface area contributed by atoms with Crippen molar-refractivity contribution in [3.63, 3.8) is 0 Å². The van der Waals surface area contributed by atoms with Gasteiger partial charge in [0.25, 0.3) is 0 Å². The van der Waals surface area contributed by atoms with Gasteiger partial charge in [0.2, 0.25) is 5.75 Å². The molecule has 128 valence electrons. The number of hydrogen-bond acceptors (Lipinski definition) is 6. The van der Waals surface area contributed by atoms with Crippen LogP contribution in [0.1, 0.15) is 18.2 Å². The van der Waals surface area contributed by atoms with Crippen LogP contribution in [-0.2, 0) is 13.0 Å². The fraction of sp³-hybridized carbons (Fsp3) is 0.438. The summed E-state index contributed by atoms with van der Waals surface area (Å²) in [4.78, 5) is 13.2. The molecule has 2 heterocycles. The molecular formula is C16H20N4O4. The average Bonchev–Trinajstić information content (AvgIpc) is 3.03. The Labute approximate surface area is 139 Å². The molecule has 24 heavy (non-hydrogen) atoms. The summed E-state index contributed by atoms with van der Waals surface area (Å²) in [5.41, 5.74) is 3.34. The van der Waals surface area contributed by atoms with Crippen LogP contribution in [0.2, 0.25) is 0 Å². The van der Waals surface area contributed by atoms with Gasteiger partial charge in [0.05, 0.1) is 24.7 Å². The molecule has 0 bridgehead atoms. The molecule has 1 aromatic carbocycles. The molecule has 3 rings (SSSR count).